The molecule has 0 amide bonds. The molecular weight excluding hydrogens is 372 g/mol. The number of rotatable bonds is 7. The second kappa shape index (κ2) is 9.41. The van der Waals surface area contributed by atoms with E-state index < -0.39 is 11.9 Å². The predicted molar refractivity (Wildman–Crippen MR) is 108 cm³/mol. The molecule has 3 aromatic carbocycles. The number of ether oxygens (including phenoxy) is 4. The largest absolute Gasteiger partial charge is 0.493 e. The van der Waals surface area contributed by atoms with Crippen LogP contribution in [0.4, 0.5) is 0 Å². The van der Waals surface area contributed by atoms with Gasteiger partial charge in [-0.2, -0.15) is 0 Å². The first-order valence-electron chi connectivity index (χ1n) is 8.86. The summed E-state index contributed by atoms with van der Waals surface area (Å²) in [7, 11) is 2.90. The van der Waals surface area contributed by atoms with Crippen molar-refractivity contribution in [3.63, 3.8) is 0 Å². The van der Waals surface area contributed by atoms with Crippen LogP contribution in [-0.2, 0) is 20.9 Å². The molecule has 0 bridgehead atoms. The third-order valence-electron chi connectivity index (χ3n) is 4.14. The Kier molecular flexibility index (Phi) is 6.47. The summed E-state index contributed by atoms with van der Waals surface area (Å²) in [5, 5.41) is 2.17. The summed E-state index contributed by atoms with van der Waals surface area (Å²) in [4.78, 5) is 24.0. The Balaban J connectivity index is 1.58. The van der Waals surface area contributed by atoms with E-state index in [1.54, 1.807) is 18.2 Å². The number of carbonyl (C=O) groups excluding carboxylic acids is 2. The lowest BCUT2D eigenvalue weighted by Crippen LogP contribution is -2.08. The monoisotopic (exact) mass is 392 g/mol. The van der Waals surface area contributed by atoms with Gasteiger partial charge in [-0.15, -0.1) is 0 Å². The Hall–Kier alpha value is -3.80. The summed E-state index contributed by atoms with van der Waals surface area (Å²) in [5.41, 5.74) is 0.854. The van der Waals surface area contributed by atoms with Crippen LogP contribution in [0.5, 0.6) is 17.2 Å². The van der Waals surface area contributed by atoms with Gasteiger partial charge in [-0.25, -0.2) is 9.59 Å². The molecule has 0 spiro atoms. The fraction of sp³-hybridized carbons (Fsp3) is 0.130. The molecule has 0 saturated carbocycles. The lowest BCUT2D eigenvalue weighted by molar-refractivity contribution is -0.139. The van der Waals surface area contributed by atoms with Crippen LogP contribution in [-0.4, -0.2) is 26.2 Å². The van der Waals surface area contributed by atoms with E-state index in [9.17, 15) is 9.59 Å². The Bertz CT molecular complexity index is 1030. The molecule has 3 rings (SSSR count). The molecular formula is C23H20O6. The van der Waals surface area contributed by atoms with Crippen LogP contribution in [0.2, 0.25) is 0 Å². The minimum atomic E-state index is -0.754. The lowest BCUT2D eigenvalue weighted by atomic mass is 10.1. The fourth-order valence-electron chi connectivity index (χ4n) is 2.72. The standard InChI is InChI=1S/C23H20O6/c1-26-19-8-5-9-20(27-2)23(19)29-22(25)13-12-21(24)28-15-16-10-11-17-6-3-4-7-18(17)14-16/h3-14H,15H2,1-2H3/b13-12+. The molecule has 0 aliphatic rings. The highest BCUT2D eigenvalue weighted by molar-refractivity contribution is 5.93. The third-order valence-corrected chi connectivity index (χ3v) is 4.14. The van der Waals surface area contributed by atoms with Crippen molar-refractivity contribution in [3.05, 3.63) is 78.4 Å². The smallest absolute Gasteiger partial charge is 0.336 e. The zero-order valence-electron chi connectivity index (χ0n) is 16.1. The van der Waals surface area contributed by atoms with Gasteiger partial charge in [0.25, 0.3) is 0 Å². The molecule has 6 nitrogen and oxygen atoms in total. The highest BCUT2D eigenvalue weighted by Gasteiger charge is 2.14. The third kappa shape index (κ3) is 5.13. The van der Waals surface area contributed by atoms with Crippen LogP contribution >= 0.6 is 0 Å². The number of fused-ring (bicyclic) bond motifs is 1. The van der Waals surface area contributed by atoms with Gasteiger partial charge in [0.15, 0.2) is 11.5 Å². The normalized spacial score (nSPS) is 10.7. The van der Waals surface area contributed by atoms with Crippen LogP contribution in [0, 0.1) is 0 Å². The van der Waals surface area contributed by atoms with E-state index in [0.29, 0.717) is 11.5 Å². The van der Waals surface area contributed by atoms with Gasteiger partial charge in [0.05, 0.1) is 14.2 Å². The Morgan fingerprint density at radius 2 is 1.45 bits per heavy atom. The first kappa shape index (κ1) is 19.9. The van der Waals surface area contributed by atoms with Crippen molar-refractivity contribution in [3.8, 4) is 17.2 Å². The van der Waals surface area contributed by atoms with Gasteiger partial charge in [-0.05, 0) is 34.5 Å². The topological polar surface area (TPSA) is 71.1 Å². The second-order valence-corrected chi connectivity index (χ2v) is 6.04. The quantitative estimate of drug-likeness (QED) is 0.343. The first-order valence-corrected chi connectivity index (χ1v) is 8.86. The van der Waals surface area contributed by atoms with E-state index in [1.807, 2.05) is 42.5 Å². The van der Waals surface area contributed by atoms with E-state index in [2.05, 4.69) is 0 Å². The lowest BCUT2D eigenvalue weighted by Gasteiger charge is -2.11. The summed E-state index contributed by atoms with van der Waals surface area (Å²) in [5.74, 6) is -0.593. The van der Waals surface area contributed by atoms with Crippen molar-refractivity contribution in [1.82, 2.24) is 0 Å². The molecule has 0 fully saturated rings. The van der Waals surface area contributed by atoms with Gasteiger partial charge in [-0.1, -0.05) is 42.5 Å². The number of esters is 2. The van der Waals surface area contributed by atoms with Crippen molar-refractivity contribution in [2.45, 2.75) is 6.61 Å². The highest BCUT2D eigenvalue weighted by atomic mass is 16.6. The number of carbonyl (C=O) groups is 2. The summed E-state index contributed by atoms with van der Waals surface area (Å²) in [6.07, 6.45) is 2.01. The summed E-state index contributed by atoms with van der Waals surface area (Å²) in [6.45, 7) is 0.101. The number of methoxy groups -OCH3 is 2. The summed E-state index contributed by atoms with van der Waals surface area (Å²) >= 11 is 0. The maximum absolute atomic E-state index is 12.0. The Morgan fingerprint density at radius 1 is 0.793 bits per heavy atom. The SMILES string of the molecule is COc1cccc(OC)c1OC(=O)/C=C/C(=O)OCc1ccc2ccccc2c1. The molecule has 0 aliphatic heterocycles. The zero-order chi connectivity index (χ0) is 20.6. The molecule has 6 heteroatoms. The average molecular weight is 392 g/mol. The predicted octanol–water partition coefficient (Wildman–Crippen LogP) is 4.06. The van der Waals surface area contributed by atoms with Gasteiger partial charge in [0, 0.05) is 12.2 Å². The molecule has 3 aromatic rings. The van der Waals surface area contributed by atoms with E-state index in [0.717, 1.165) is 28.5 Å². The minimum Gasteiger partial charge on any atom is -0.493 e. The van der Waals surface area contributed by atoms with E-state index in [-0.39, 0.29) is 12.4 Å². The van der Waals surface area contributed by atoms with Crippen molar-refractivity contribution >= 4 is 22.7 Å². The van der Waals surface area contributed by atoms with Crippen molar-refractivity contribution < 1.29 is 28.5 Å². The van der Waals surface area contributed by atoms with Crippen LogP contribution in [0.15, 0.2) is 72.8 Å². The number of hydrogen-bond donors (Lipinski definition) is 0. The van der Waals surface area contributed by atoms with Crippen LogP contribution in [0.25, 0.3) is 10.8 Å². The Labute approximate surface area is 168 Å². The summed E-state index contributed by atoms with van der Waals surface area (Å²) < 4.78 is 20.7. The summed E-state index contributed by atoms with van der Waals surface area (Å²) in [6, 6.07) is 18.7. The molecule has 0 aromatic heterocycles. The molecule has 148 valence electrons. The van der Waals surface area contributed by atoms with Crippen LogP contribution in [0.1, 0.15) is 5.56 Å². The maximum atomic E-state index is 12.0. The molecule has 29 heavy (non-hydrogen) atoms. The minimum absolute atomic E-state index is 0.101. The maximum Gasteiger partial charge on any atom is 0.336 e. The average Bonchev–Trinajstić information content (AvgIpc) is 2.76. The van der Waals surface area contributed by atoms with Crippen LogP contribution in [0.3, 0.4) is 0 Å². The fourth-order valence-corrected chi connectivity index (χ4v) is 2.72. The van der Waals surface area contributed by atoms with Crippen molar-refractivity contribution in [2.24, 2.45) is 0 Å². The molecule has 0 heterocycles. The molecule has 0 aliphatic carbocycles. The second-order valence-electron chi connectivity index (χ2n) is 6.04. The Morgan fingerprint density at radius 3 is 2.14 bits per heavy atom. The van der Waals surface area contributed by atoms with Gasteiger partial charge in [0.2, 0.25) is 5.75 Å². The van der Waals surface area contributed by atoms with Crippen molar-refractivity contribution in [1.29, 1.82) is 0 Å². The highest BCUT2D eigenvalue weighted by Crippen LogP contribution is 2.36. The number of hydrogen-bond acceptors (Lipinski definition) is 6. The van der Waals surface area contributed by atoms with Gasteiger partial charge in [0.1, 0.15) is 6.61 Å². The zero-order valence-corrected chi connectivity index (χ0v) is 16.1. The molecule has 0 N–H and O–H groups in total. The van der Waals surface area contributed by atoms with Crippen molar-refractivity contribution in [2.75, 3.05) is 14.2 Å². The number of para-hydroxylation sites is 1. The van der Waals surface area contributed by atoms with Crippen LogP contribution < -0.4 is 14.2 Å². The molecule has 0 radical (unpaired) electrons. The molecule has 0 atom stereocenters. The van der Waals surface area contributed by atoms with E-state index >= 15 is 0 Å². The van der Waals surface area contributed by atoms with Gasteiger partial charge >= 0.3 is 11.9 Å². The van der Waals surface area contributed by atoms with Gasteiger partial charge in [-0.3, -0.25) is 0 Å². The molecule has 0 unspecified atom stereocenters. The molecule has 0 saturated heterocycles. The van der Waals surface area contributed by atoms with E-state index in [1.165, 1.54) is 14.2 Å². The first-order chi connectivity index (χ1) is 14.1. The number of benzene rings is 3. The van der Waals surface area contributed by atoms with Gasteiger partial charge < -0.3 is 18.9 Å². The van der Waals surface area contributed by atoms with E-state index in [4.69, 9.17) is 18.9 Å².